The molecule has 3 nitrogen and oxygen atoms in total. The minimum atomic E-state index is -0.550. The van der Waals surface area contributed by atoms with Crippen molar-refractivity contribution in [2.75, 3.05) is 6.61 Å². The fourth-order valence-corrected chi connectivity index (χ4v) is 3.13. The smallest absolute Gasteiger partial charge is 0.338 e. The molecule has 0 saturated carbocycles. The van der Waals surface area contributed by atoms with Crippen LogP contribution in [0.4, 0.5) is 0 Å². The molecule has 0 aliphatic heterocycles. The van der Waals surface area contributed by atoms with E-state index in [1.807, 2.05) is 6.07 Å². The average Bonchev–Trinajstić information content (AvgIpc) is 2.67. The standard InChI is InChI=1S/C23H38O3/c1-2-3-4-5-6-7-8-9-10-11-12-16-19-22(24)20-26-23(25)21-17-14-13-15-18-21/h13-15,17-18,22,24H,2-12,16,19-20H2,1H3. The molecule has 0 radical (unpaired) electrons. The molecule has 0 aliphatic carbocycles. The van der Waals surface area contributed by atoms with Gasteiger partial charge in [0, 0.05) is 0 Å². The summed E-state index contributed by atoms with van der Waals surface area (Å²) in [5.41, 5.74) is 0.532. The van der Waals surface area contributed by atoms with Crippen molar-refractivity contribution >= 4 is 5.97 Å². The summed E-state index contributed by atoms with van der Waals surface area (Å²) in [5.74, 6) is -0.362. The molecular formula is C23H38O3. The highest BCUT2D eigenvalue weighted by Crippen LogP contribution is 2.13. The lowest BCUT2D eigenvalue weighted by atomic mass is 10.0. The summed E-state index contributed by atoms with van der Waals surface area (Å²) >= 11 is 0. The summed E-state index contributed by atoms with van der Waals surface area (Å²) in [7, 11) is 0. The quantitative estimate of drug-likeness (QED) is 0.277. The molecule has 0 bridgehead atoms. The maximum absolute atomic E-state index is 11.8. The molecule has 0 amide bonds. The molecule has 0 fully saturated rings. The van der Waals surface area contributed by atoms with Crippen LogP contribution in [-0.4, -0.2) is 23.8 Å². The summed E-state index contributed by atoms with van der Waals surface area (Å²) in [6.07, 6.45) is 15.9. The summed E-state index contributed by atoms with van der Waals surface area (Å²) in [6, 6.07) is 8.91. The fraction of sp³-hybridized carbons (Fsp3) is 0.696. The zero-order valence-corrected chi connectivity index (χ0v) is 16.6. The molecule has 1 aromatic carbocycles. The molecule has 1 N–H and O–H groups in total. The van der Waals surface area contributed by atoms with E-state index < -0.39 is 6.10 Å². The van der Waals surface area contributed by atoms with Crippen molar-refractivity contribution in [2.24, 2.45) is 0 Å². The molecule has 1 atom stereocenters. The first kappa shape index (κ1) is 22.7. The Labute approximate surface area is 160 Å². The van der Waals surface area contributed by atoms with E-state index in [0.29, 0.717) is 12.0 Å². The molecule has 0 aliphatic rings. The summed E-state index contributed by atoms with van der Waals surface area (Å²) in [5, 5.41) is 9.93. The Morgan fingerprint density at radius 3 is 1.88 bits per heavy atom. The van der Waals surface area contributed by atoms with Crippen LogP contribution in [0.5, 0.6) is 0 Å². The second kappa shape index (κ2) is 15.9. The van der Waals surface area contributed by atoms with Gasteiger partial charge in [0.15, 0.2) is 0 Å². The number of hydrogen-bond acceptors (Lipinski definition) is 3. The molecule has 0 heterocycles. The Morgan fingerprint density at radius 2 is 1.35 bits per heavy atom. The van der Waals surface area contributed by atoms with Crippen LogP contribution < -0.4 is 0 Å². The van der Waals surface area contributed by atoms with Gasteiger partial charge < -0.3 is 9.84 Å². The normalized spacial score (nSPS) is 12.1. The van der Waals surface area contributed by atoms with Crippen LogP contribution in [0, 0.1) is 0 Å². The second-order valence-electron chi connectivity index (χ2n) is 7.30. The van der Waals surface area contributed by atoms with Gasteiger partial charge in [-0.25, -0.2) is 4.79 Å². The van der Waals surface area contributed by atoms with Crippen molar-refractivity contribution in [1.82, 2.24) is 0 Å². The van der Waals surface area contributed by atoms with Crippen LogP contribution in [0.25, 0.3) is 0 Å². The molecule has 26 heavy (non-hydrogen) atoms. The number of unbranched alkanes of at least 4 members (excludes halogenated alkanes) is 11. The molecule has 148 valence electrons. The number of rotatable bonds is 16. The highest BCUT2D eigenvalue weighted by Gasteiger charge is 2.10. The third kappa shape index (κ3) is 12.1. The van der Waals surface area contributed by atoms with Gasteiger partial charge in [0.1, 0.15) is 6.61 Å². The number of esters is 1. The van der Waals surface area contributed by atoms with Crippen LogP contribution in [-0.2, 0) is 4.74 Å². The third-order valence-electron chi connectivity index (χ3n) is 4.81. The Hall–Kier alpha value is -1.35. The number of hydrogen-bond donors (Lipinski definition) is 1. The third-order valence-corrected chi connectivity index (χ3v) is 4.81. The van der Waals surface area contributed by atoms with Crippen LogP contribution in [0.3, 0.4) is 0 Å². The van der Waals surface area contributed by atoms with E-state index in [9.17, 15) is 9.90 Å². The number of ether oxygens (including phenoxy) is 1. The van der Waals surface area contributed by atoms with Crippen molar-refractivity contribution in [2.45, 2.75) is 96.5 Å². The molecule has 0 aromatic heterocycles. The van der Waals surface area contributed by atoms with Crippen molar-refractivity contribution < 1.29 is 14.6 Å². The fourth-order valence-electron chi connectivity index (χ4n) is 3.13. The van der Waals surface area contributed by atoms with Gasteiger partial charge in [-0.1, -0.05) is 102 Å². The lowest BCUT2D eigenvalue weighted by Crippen LogP contribution is -2.18. The van der Waals surface area contributed by atoms with Crippen LogP contribution >= 0.6 is 0 Å². The molecule has 1 aromatic rings. The maximum Gasteiger partial charge on any atom is 0.338 e. The van der Waals surface area contributed by atoms with Crippen molar-refractivity contribution in [3.05, 3.63) is 35.9 Å². The summed E-state index contributed by atoms with van der Waals surface area (Å²) in [6.45, 7) is 2.35. The second-order valence-corrected chi connectivity index (χ2v) is 7.30. The SMILES string of the molecule is CCCCCCCCCCCCCCC(O)COC(=O)c1ccccc1. The summed E-state index contributed by atoms with van der Waals surface area (Å²) in [4.78, 5) is 11.8. The molecular weight excluding hydrogens is 324 g/mol. The van der Waals surface area contributed by atoms with Gasteiger partial charge in [-0.3, -0.25) is 0 Å². The average molecular weight is 363 g/mol. The van der Waals surface area contributed by atoms with Crippen molar-refractivity contribution in [3.8, 4) is 0 Å². The Balaban J connectivity index is 1.88. The Kier molecular flexibility index (Phi) is 13.8. The number of benzene rings is 1. The van der Waals surface area contributed by atoms with E-state index in [-0.39, 0.29) is 12.6 Å². The number of carbonyl (C=O) groups is 1. The van der Waals surface area contributed by atoms with Gasteiger partial charge in [-0.05, 0) is 18.6 Å². The van der Waals surface area contributed by atoms with Crippen LogP contribution in [0.1, 0.15) is 101 Å². The van der Waals surface area contributed by atoms with Gasteiger partial charge in [0.05, 0.1) is 11.7 Å². The van der Waals surface area contributed by atoms with Gasteiger partial charge in [-0.15, -0.1) is 0 Å². The summed E-state index contributed by atoms with van der Waals surface area (Å²) < 4.78 is 5.16. The van der Waals surface area contributed by atoms with Gasteiger partial charge in [0.25, 0.3) is 0 Å². The Morgan fingerprint density at radius 1 is 0.846 bits per heavy atom. The van der Waals surface area contributed by atoms with E-state index in [1.165, 1.54) is 64.2 Å². The first-order valence-corrected chi connectivity index (χ1v) is 10.6. The minimum absolute atomic E-state index is 0.0890. The first-order valence-electron chi connectivity index (χ1n) is 10.6. The zero-order chi connectivity index (χ0) is 18.9. The first-order chi connectivity index (χ1) is 12.7. The molecule has 3 heteroatoms. The lowest BCUT2D eigenvalue weighted by Gasteiger charge is -2.11. The van der Waals surface area contributed by atoms with E-state index >= 15 is 0 Å². The predicted octanol–water partition coefficient (Wildman–Crippen LogP) is 6.30. The predicted molar refractivity (Wildman–Crippen MR) is 108 cm³/mol. The largest absolute Gasteiger partial charge is 0.459 e. The zero-order valence-electron chi connectivity index (χ0n) is 16.6. The lowest BCUT2D eigenvalue weighted by molar-refractivity contribution is 0.0233. The molecule has 0 saturated heterocycles. The number of carbonyl (C=O) groups excluding carboxylic acids is 1. The van der Waals surface area contributed by atoms with E-state index in [4.69, 9.17) is 4.74 Å². The minimum Gasteiger partial charge on any atom is -0.459 e. The highest BCUT2D eigenvalue weighted by atomic mass is 16.5. The Bertz CT molecular complexity index is 444. The maximum atomic E-state index is 11.8. The van der Waals surface area contributed by atoms with Gasteiger partial charge >= 0.3 is 5.97 Å². The highest BCUT2D eigenvalue weighted by molar-refractivity contribution is 5.89. The van der Waals surface area contributed by atoms with E-state index in [0.717, 1.165) is 12.8 Å². The number of aliphatic hydroxyl groups is 1. The molecule has 1 unspecified atom stereocenters. The van der Waals surface area contributed by atoms with Crippen molar-refractivity contribution in [1.29, 1.82) is 0 Å². The number of aliphatic hydroxyl groups excluding tert-OH is 1. The molecule has 0 spiro atoms. The van der Waals surface area contributed by atoms with Crippen LogP contribution in [0.15, 0.2) is 30.3 Å². The van der Waals surface area contributed by atoms with Crippen molar-refractivity contribution in [3.63, 3.8) is 0 Å². The van der Waals surface area contributed by atoms with Crippen LogP contribution in [0.2, 0.25) is 0 Å². The topological polar surface area (TPSA) is 46.5 Å². The van der Waals surface area contributed by atoms with Gasteiger partial charge in [-0.2, -0.15) is 0 Å². The van der Waals surface area contributed by atoms with E-state index in [1.54, 1.807) is 24.3 Å². The molecule has 1 rings (SSSR count). The van der Waals surface area contributed by atoms with E-state index in [2.05, 4.69) is 6.92 Å². The monoisotopic (exact) mass is 362 g/mol. The van der Waals surface area contributed by atoms with Gasteiger partial charge in [0.2, 0.25) is 0 Å².